The first-order valence-electron chi connectivity index (χ1n) is 6.83. The minimum absolute atomic E-state index is 0.0519. The van der Waals surface area contributed by atoms with E-state index in [-0.39, 0.29) is 12.6 Å². The van der Waals surface area contributed by atoms with Gasteiger partial charge in [0.25, 0.3) is 0 Å². The minimum Gasteiger partial charge on any atom is -0.467 e. The summed E-state index contributed by atoms with van der Waals surface area (Å²) in [7, 11) is 2.92. The van der Waals surface area contributed by atoms with Crippen molar-refractivity contribution in [1.29, 1.82) is 0 Å². The SMILES string of the molecule is COC(=O)[C@H](COC(C)(C)C)NC(=O)N(C)Cc1cncs1. The number of nitrogens with one attached hydrogen (secondary N) is 1. The Morgan fingerprint density at radius 2 is 2.14 bits per heavy atom. The lowest BCUT2D eigenvalue weighted by molar-refractivity contribution is -0.146. The van der Waals surface area contributed by atoms with Crippen molar-refractivity contribution in [3.05, 3.63) is 16.6 Å². The summed E-state index contributed by atoms with van der Waals surface area (Å²) in [6, 6.07) is -1.22. The molecule has 2 amide bonds. The highest BCUT2D eigenvalue weighted by molar-refractivity contribution is 7.09. The zero-order valence-corrected chi connectivity index (χ0v) is 14.4. The fourth-order valence-electron chi connectivity index (χ4n) is 1.53. The molecule has 0 fully saturated rings. The van der Waals surface area contributed by atoms with E-state index in [0.717, 1.165) is 4.88 Å². The van der Waals surface area contributed by atoms with E-state index >= 15 is 0 Å². The largest absolute Gasteiger partial charge is 0.467 e. The standard InChI is InChI=1S/C14H23N3O4S/c1-14(2,3)21-8-11(12(18)20-5)16-13(19)17(4)7-10-6-15-9-22-10/h6,9,11H,7-8H2,1-5H3,(H,16,19)/t11-/m0/s1. The third-order valence-corrected chi connectivity index (χ3v) is 3.45. The van der Waals surface area contributed by atoms with Gasteiger partial charge >= 0.3 is 12.0 Å². The zero-order valence-electron chi connectivity index (χ0n) is 13.6. The van der Waals surface area contributed by atoms with Crippen molar-refractivity contribution in [2.24, 2.45) is 0 Å². The summed E-state index contributed by atoms with van der Waals surface area (Å²) in [5.74, 6) is -0.538. The van der Waals surface area contributed by atoms with Crippen LogP contribution in [0.4, 0.5) is 4.79 Å². The van der Waals surface area contributed by atoms with E-state index in [0.29, 0.717) is 6.54 Å². The van der Waals surface area contributed by atoms with Gasteiger partial charge in [0.1, 0.15) is 0 Å². The lowest BCUT2D eigenvalue weighted by Gasteiger charge is -2.25. The van der Waals surface area contributed by atoms with Crippen LogP contribution in [0.15, 0.2) is 11.7 Å². The molecule has 124 valence electrons. The highest BCUT2D eigenvalue weighted by Crippen LogP contribution is 2.10. The Balaban J connectivity index is 2.59. The molecule has 0 aliphatic rings. The van der Waals surface area contributed by atoms with Gasteiger partial charge < -0.3 is 19.7 Å². The Hall–Kier alpha value is -1.67. The van der Waals surface area contributed by atoms with Crippen molar-refractivity contribution in [3.8, 4) is 0 Å². The number of carbonyl (C=O) groups excluding carboxylic acids is 2. The third kappa shape index (κ3) is 6.40. The normalized spacial score (nSPS) is 12.6. The van der Waals surface area contributed by atoms with Crippen molar-refractivity contribution < 1.29 is 19.1 Å². The summed E-state index contributed by atoms with van der Waals surface area (Å²) >= 11 is 1.46. The van der Waals surface area contributed by atoms with Crippen molar-refractivity contribution >= 4 is 23.3 Å². The van der Waals surface area contributed by atoms with Gasteiger partial charge in [0, 0.05) is 18.1 Å². The molecule has 0 spiro atoms. The van der Waals surface area contributed by atoms with Crippen LogP contribution in [0.5, 0.6) is 0 Å². The molecule has 1 heterocycles. The zero-order chi connectivity index (χ0) is 16.8. The Morgan fingerprint density at radius 3 is 2.64 bits per heavy atom. The van der Waals surface area contributed by atoms with Crippen molar-refractivity contribution in [2.45, 2.75) is 39.0 Å². The van der Waals surface area contributed by atoms with Crippen molar-refractivity contribution in [1.82, 2.24) is 15.2 Å². The molecule has 0 saturated heterocycles. The number of methoxy groups -OCH3 is 1. The van der Waals surface area contributed by atoms with E-state index in [4.69, 9.17) is 9.47 Å². The first-order valence-corrected chi connectivity index (χ1v) is 7.71. The van der Waals surface area contributed by atoms with Crippen molar-refractivity contribution in [2.75, 3.05) is 20.8 Å². The molecule has 0 aliphatic carbocycles. The molecular weight excluding hydrogens is 306 g/mol. The maximum atomic E-state index is 12.2. The Kier molecular flexibility index (Phi) is 6.76. The predicted octanol–water partition coefficient (Wildman–Crippen LogP) is 1.64. The number of amides is 2. The smallest absolute Gasteiger partial charge is 0.330 e. The summed E-state index contributed by atoms with van der Waals surface area (Å²) < 4.78 is 10.3. The number of hydrogen-bond donors (Lipinski definition) is 1. The summed E-state index contributed by atoms with van der Waals surface area (Å²) in [5, 5.41) is 2.62. The first-order chi connectivity index (χ1) is 10.2. The maximum Gasteiger partial charge on any atom is 0.330 e. The van der Waals surface area contributed by atoms with Gasteiger partial charge in [-0.2, -0.15) is 0 Å². The highest BCUT2D eigenvalue weighted by Gasteiger charge is 2.25. The van der Waals surface area contributed by atoms with Gasteiger partial charge in [-0.3, -0.25) is 4.98 Å². The third-order valence-electron chi connectivity index (χ3n) is 2.69. The van der Waals surface area contributed by atoms with Crippen LogP contribution in [0.3, 0.4) is 0 Å². The monoisotopic (exact) mass is 329 g/mol. The van der Waals surface area contributed by atoms with Gasteiger partial charge in [-0.1, -0.05) is 0 Å². The van der Waals surface area contributed by atoms with Crippen molar-refractivity contribution in [3.63, 3.8) is 0 Å². The average molecular weight is 329 g/mol. The molecule has 1 aromatic heterocycles. The molecule has 1 atom stereocenters. The van der Waals surface area contributed by atoms with E-state index in [2.05, 4.69) is 10.3 Å². The lowest BCUT2D eigenvalue weighted by Crippen LogP contribution is -2.49. The molecule has 8 heteroatoms. The van der Waals surface area contributed by atoms with E-state index in [1.165, 1.54) is 23.3 Å². The van der Waals surface area contributed by atoms with Crippen LogP contribution in [0.25, 0.3) is 0 Å². The number of aromatic nitrogens is 1. The van der Waals surface area contributed by atoms with Gasteiger partial charge in [-0.15, -0.1) is 11.3 Å². The fourth-order valence-corrected chi connectivity index (χ4v) is 2.18. The van der Waals surface area contributed by atoms with E-state index < -0.39 is 17.6 Å². The molecule has 0 aromatic carbocycles. The summed E-state index contributed by atoms with van der Waals surface area (Å²) in [5.41, 5.74) is 1.29. The number of urea groups is 1. The van der Waals surface area contributed by atoms with Crippen LogP contribution < -0.4 is 5.32 Å². The molecule has 0 aliphatic heterocycles. The fraction of sp³-hybridized carbons (Fsp3) is 0.643. The molecule has 1 N–H and O–H groups in total. The van der Waals surface area contributed by atoms with Crippen LogP contribution in [0, 0.1) is 0 Å². The second kappa shape index (κ2) is 8.09. The summed E-state index contributed by atoms with van der Waals surface area (Å²) in [6.07, 6.45) is 1.70. The second-order valence-electron chi connectivity index (χ2n) is 5.77. The van der Waals surface area contributed by atoms with E-state index in [9.17, 15) is 9.59 Å². The lowest BCUT2D eigenvalue weighted by atomic mass is 10.2. The van der Waals surface area contributed by atoms with Crippen LogP contribution in [0.2, 0.25) is 0 Å². The predicted molar refractivity (Wildman–Crippen MR) is 83.6 cm³/mol. The molecule has 1 rings (SSSR count). The number of hydrogen-bond acceptors (Lipinski definition) is 6. The quantitative estimate of drug-likeness (QED) is 0.803. The molecule has 22 heavy (non-hydrogen) atoms. The molecular formula is C14H23N3O4S. The minimum atomic E-state index is -0.847. The molecule has 0 unspecified atom stereocenters. The molecule has 0 saturated carbocycles. The van der Waals surface area contributed by atoms with Crippen LogP contribution in [-0.2, 0) is 20.8 Å². The number of thiazole rings is 1. The van der Waals surface area contributed by atoms with E-state index in [1.807, 2.05) is 20.8 Å². The molecule has 7 nitrogen and oxygen atoms in total. The number of nitrogens with zero attached hydrogens (tertiary/aromatic N) is 2. The Bertz CT molecular complexity index is 485. The van der Waals surface area contributed by atoms with Crippen LogP contribution >= 0.6 is 11.3 Å². The van der Waals surface area contributed by atoms with E-state index in [1.54, 1.807) is 18.8 Å². The highest BCUT2D eigenvalue weighted by atomic mass is 32.1. The number of carbonyl (C=O) groups is 2. The first kappa shape index (κ1) is 18.4. The topological polar surface area (TPSA) is 80.8 Å². The molecule has 0 radical (unpaired) electrons. The van der Waals surface area contributed by atoms with Gasteiger partial charge in [0.15, 0.2) is 6.04 Å². The molecule has 1 aromatic rings. The van der Waals surface area contributed by atoms with Gasteiger partial charge in [0.05, 0.1) is 31.4 Å². The van der Waals surface area contributed by atoms with Gasteiger partial charge in [0.2, 0.25) is 0 Å². The maximum absolute atomic E-state index is 12.2. The Labute approximate surface area is 134 Å². The Morgan fingerprint density at radius 1 is 1.45 bits per heavy atom. The number of rotatable bonds is 6. The van der Waals surface area contributed by atoms with Crippen LogP contribution in [-0.4, -0.2) is 54.3 Å². The second-order valence-corrected chi connectivity index (χ2v) is 6.74. The molecule has 0 bridgehead atoms. The van der Waals surface area contributed by atoms with Gasteiger partial charge in [-0.25, -0.2) is 9.59 Å². The summed E-state index contributed by atoms with van der Waals surface area (Å²) in [6.45, 7) is 6.10. The average Bonchev–Trinajstić information content (AvgIpc) is 2.94. The van der Waals surface area contributed by atoms with Gasteiger partial charge in [-0.05, 0) is 20.8 Å². The number of esters is 1. The summed E-state index contributed by atoms with van der Waals surface area (Å²) in [4.78, 5) is 30.3. The van der Waals surface area contributed by atoms with Crippen LogP contribution in [0.1, 0.15) is 25.6 Å². The number of ether oxygens (including phenoxy) is 2.